The molecule has 0 radical (unpaired) electrons. The molecule has 1 amide bonds. The SMILES string of the molecule is CCCCCCC(=O)N[C@@H](COCc1ccccc1)C(=O)O. The Morgan fingerprint density at radius 1 is 1.18 bits per heavy atom. The lowest BCUT2D eigenvalue weighted by molar-refractivity contribution is -0.143. The Morgan fingerprint density at radius 2 is 1.91 bits per heavy atom. The number of unbranched alkanes of at least 4 members (excludes halogenated alkanes) is 3. The van der Waals surface area contributed by atoms with Gasteiger partial charge in [-0.25, -0.2) is 4.79 Å². The van der Waals surface area contributed by atoms with Gasteiger partial charge in [-0.1, -0.05) is 56.5 Å². The number of ether oxygens (including phenoxy) is 1. The normalized spacial score (nSPS) is 11.9. The van der Waals surface area contributed by atoms with E-state index in [0.717, 1.165) is 31.2 Å². The van der Waals surface area contributed by atoms with E-state index >= 15 is 0 Å². The van der Waals surface area contributed by atoms with Crippen LogP contribution in [0.1, 0.15) is 44.6 Å². The van der Waals surface area contributed by atoms with Crippen molar-refractivity contribution in [3.05, 3.63) is 35.9 Å². The average molecular weight is 307 g/mol. The zero-order valence-electron chi connectivity index (χ0n) is 13.1. The first-order valence-corrected chi connectivity index (χ1v) is 7.77. The summed E-state index contributed by atoms with van der Waals surface area (Å²) in [6.45, 7) is 2.40. The summed E-state index contributed by atoms with van der Waals surface area (Å²) in [7, 11) is 0. The van der Waals surface area contributed by atoms with Crippen molar-refractivity contribution in [2.75, 3.05) is 6.61 Å². The number of rotatable bonds is 11. The molecular formula is C17H25NO4. The van der Waals surface area contributed by atoms with Gasteiger partial charge in [-0.2, -0.15) is 0 Å². The van der Waals surface area contributed by atoms with Gasteiger partial charge in [0.25, 0.3) is 0 Å². The number of nitrogens with one attached hydrogen (secondary N) is 1. The van der Waals surface area contributed by atoms with Gasteiger partial charge in [-0.05, 0) is 12.0 Å². The number of aliphatic carboxylic acids is 1. The third kappa shape index (κ3) is 7.78. The lowest BCUT2D eigenvalue weighted by Crippen LogP contribution is -2.43. The van der Waals surface area contributed by atoms with Crippen molar-refractivity contribution in [3.8, 4) is 0 Å². The van der Waals surface area contributed by atoms with Gasteiger partial charge in [0.05, 0.1) is 13.2 Å². The van der Waals surface area contributed by atoms with Gasteiger partial charge in [-0.15, -0.1) is 0 Å². The van der Waals surface area contributed by atoms with Crippen molar-refractivity contribution in [1.29, 1.82) is 0 Å². The number of benzene rings is 1. The summed E-state index contributed by atoms with van der Waals surface area (Å²) in [5.41, 5.74) is 0.970. The number of hydrogen-bond donors (Lipinski definition) is 2. The fourth-order valence-corrected chi connectivity index (χ4v) is 2.02. The van der Waals surface area contributed by atoms with E-state index in [1.165, 1.54) is 0 Å². The van der Waals surface area contributed by atoms with Gasteiger partial charge in [0.15, 0.2) is 6.04 Å². The van der Waals surface area contributed by atoms with Crippen LogP contribution >= 0.6 is 0 Å². The quantitative estimate of drug-likeness (QED) is 0.616. The number of amides is 1. The third-order valence-electron chi connectivity index (χ3n) is 3.29. The van der Waals surface area contributed by atoms with E-state index in [9.17, 15) is 9.59 Å². The largest absolute Gasteiger partial charge is 0.480 e. The summed E-state index contributed by atoms with van der Waals surface area (Å²) >= 11 is 0. The van der Waals surface area contributed by atoms with Crippen LogP contribution < -0.4 is 5.32 Å². The standard InChI is InChI=1S/C17H25NO4/c1-2-3-4-8-11-16(19)18-15(17(20)21)13-22-12-14-9-6-5-7-10-14/h5-7,9-10,15H,2-4,8,11-13H2,1H3,(H,18,19)(H,20,21)/t15-/m0/s1. The monoisotopic (exact) mass is 307 g/mol. The first-order valence-electron chi connectivity index (χ1n) is 7.77. The maximum absolute atomic E-state index is 11.7. The first-order chi connectivity index (χ1) is 10.6. The van der Waals surface area contributed by atoms with E-state index < -0.39 is 12.0 Å². The van der Waals surface area contributed by atoms with Gasteiger partial charge < -0.3 is 15.2 Å². The molecule has 0 saturated carbocycles. The van der Waals surface area contributed by atoms with Crippen molar-refractivity contribution in [3.63, 3.8) is 0 Å². The minimum Gasteiger partial charge on any atom is -0.480 e. The molecule has 0 unspecified atom stereocenters. The molecule has 0 bridgehead atoms. The lowest BCUT2D eigenvalue weighted by Gasteiger charge is -2.15. The molecule has 1 aromatic carbocycles. The van der Waals surface area contributed by atoms with Gasteiger partial charge >= 0.3 is 5.97 Å². The van der Waals surface area contributed by atoms with Crippen LogP contribution in [0, 0.1) is 0 Å². The zero-order chi connectivity index (χ0) is 16.2. The summed E-state index contributed by atoms with van der Waals surface area (Å²) < 4.78 is 5.39. The minimum absolute atomic E-state index is 0.0368. The molecule has 0 spiro atoms. The van der Waals surface area contributed by atoms with Crippen LogP contribution in [0.25, 0.3) is 0 Å². The molecule has 0 aliphatic heterocycles. The molecule has 0 aromatic heterocycles. The molecule has 0 fully saturated rings. The van der Waals surface area contributed by atoms with Gasteiger partial charge in [-0.3, -0.25) is 4.79 Å². The molecule has 122 valence electrons. The number of carbonyl (C=O) groups excluding carboxylic acids is 1. The fraction of sp³-hybridized carbons (Fsp3) is 0.529. The molecular weight excluding hydrogens is 282 g/mol. The smallest absolute Gasteiger partial charge is 0.328 e. The molecule has 0 aliphatic carbocycles. The molecule has 0 aliphatic rings. The second-order valence-electron chi connectivity index (χ2n) is 5.27. The fourth-order valence-electron chi connectivity index (χ4n) is 2.02. The number of carboxylic acids is 1. The second-order valence-corrected chi connectivity index (χ2v) is 5.27. The maximum Gasteiger partial charge on any atom is 0.328 e. The summed E-state index contributed by atoms with van der Waals surface area (Å²) in [5, 5.41) is 11.7. The minimum atomic E-state index is -1.07. The second kappa shape index (κ2) is 10.8. The number of hydrogen-bond acceptors (Lipinski definition) is 3. The molecule has 2 N–H and O–H groups in total. The topological polar surface area (TPSA) is 75.6 Å². The van der Waals surface area contributed by atoms with Crippen molar-refractivity contribution in [2.45, 2.75) is 51.7 Å². The van der Waals surface area contributed by atoms with Crippen molar-refractivity contribution >= 4 is 11.9 Å². The van der Waals surface area contributed by atoms with Gasteiger partial charge in [0.2, 0.25) is 5.91 Å². The van der Waals surface area contributed by atoms with Crippen molar-refractivity contribution < 1.29 is 19.4 Å². The Kier molecular flexibility index (Phi) is 8.91. The van der Waals surface area contributed by atoms with Crippen LogP contribution in [-0.2, 0) is 20.9 Å². The van der Waals surface area contributed by atoms with E-state index in [4.69, 9.17) is 9.84 Å². The predicted molar refractivity (Wildman–Crippen MR) is 84.4 cm³/mol. The highest BCUT2D eigenvalue weighted by Gasteiger charge is 2.19. The summed E-state index contributed by atoms with van der Waals surface area (Å²) in [5.74, 6) is -1.30. The van der Waals surface area contributed by atoms with Crippen molar-refractivity contribution in [2.24, 2.45) is 0 Å². The number of carbonyl (C=O) groups is 2. The molecule has 0 saturated heterocycles. The van der Waals surface area contributed by atoms with Gasteiger partial charge in [0, 0.05) is 6.42 Å². The highest BCUT2D eigenvalue weighted by Crippen LogP contribution is 2.04. The molecule has 5 nitrogen and oxygen atoms in total. The molecule has 1 atom stereocenters. The highest BCUT2D eigenvalue weighted by molar-refractivity contribution is 5.83. The van der Waals surface area contributed by atoms with Gasteiger partial charge in [0.1, 0.15) is 0 Å². The summed E-state index contributed by atoms with van der Waals surface area (Å²) in [6, 6.07) is 8.51. The van der Waals surface area contributed by atoms with Crippen LogP contribution in [0.3, 0.4) is 0 Å². The van der Waals surface area contributed by atoms with Crippen LogP contribution in [0.4, 0.5) is 0 Å². The van der Waals surface area contributed by atoms with Crippen LogP contribution in [0.2, 0.25) is 0 Å². The Bertz CT molecular complexity index is 447. The molecule has 1 rings (SSSR count). The molecule has 22 heavy (non-hydrogen) atoms. The molecule has 1 aromatic rings. The highest BCUT2D eigenvalue weighted by atomic mass is 16.5. The van der Waals surface area contributed by atoms with E-state index in [0.29, 0.717) is 13.0 Å². The van der Waals surface area contributed by atoms with Crippen LogP contribution in [0.15, 0.2) is 30.3 Å². The van der Waals surface area contributed by atoms with E-state index in [2.05, 4.69) is 12.2 Å². The third-order valence-corrected chi connectivity index (χ3v) is 3.29. The van der Waals surface area contributed by atoms with Crippen molar-refractivity contribution in [1.82, 2.24) is 5.32 Å². The molecule has 0 heterocycles. The Balaban J connectivity index is 2.29. The Morgan fingerprint density at radius 3 is 2.55 bits per heavy atom. The first kappa shape index (κ1) is 18.2. The van der Waals surface area contributed by atoms with Crippen LogP contribution in [0.5, 0.6) is 0 Å². The Labute approximate surface area is 131 Å². The predicted octanol–water partition coefficient (Wildman–Crippen LogP) is 2.74. The summed E-state index contributed by atoms with van der Waals surface area (Å²) in [6.07, 6.45) is 4.34. The summed E-state index contributed by atoms with van der Waals surface area (Å²) in [4.78, 5) is 22.9. The Hall–Kier alpha value is -1.88. The lowest BCUT2D eigenvalue weighted by atomic mass is 10.1. The number of carboxylic acid groups (broad SMARTS) is 1. The van der Waals surface area contributed by atoms with E-state index in [-0.39, 0.29) is 12.5 Å². The maximum atomic E-state index is 11.7. The average Bonchev–Trinajstić information content (AvgIpc) is 2.51. The molecule has 5 heteroatoms. The van der Waals surface area contributed by atoms with Crippen LogP contribution in [-0.4, -0.2) is 29.6 Å². The zero-order valence-corrected chi connectivity index (χ0v) is 13.1. The van der Waals surface area contributed by atoms with E-state index in [1.807, 2.05) is 30.3 Å². The van der Waals surface area contributed by atoms with E-state index in [1.54, 1.807) is 0 Å².